The number of benzene rings is 2. The third kappa shape index (κ3) is 3.66. The van der Waals surface area contributed by atoms with E-state index < -0.39 is 6.09 Å². The number of amides is 1. The maximum absolute atomic E-state index is 13.1. The van der Waals surface area contributed by atoms with Gasteiger partial charge in [0.1, 0.15) is 5.82 Å². The zero-order valence-electron chi connectivity index (χ0n) is 12.2. The number of carboxylic acid groups (broad SMARTS) is 2. The van der Waals surface area contributed by atoms with E-state index in [1.807, 2.05) is 24.3 Å². The lowest BCUT2D eigenvalue weighted by Crippen LogP contribution is -2.39. The van der Waals surface area contributed by atoms with Gasteiger partial charge >= 0.3 is 6.09 Å². The third-order valence-corrected chi connectivity index (χ3v) is 3.71. The third-order valence-electron chi connectivity index (χ3n) is 3.71. The molecule has 5 nitrogen and oxygen atoms in total. The zero-order chi connectivity index (χ0) is 16.8. The second-order valence-electron chi connectivity index (χ2n) is 4.98. The lowest BCUT2D eigenvalue weighted by Gasteiger charge is -2.35. The number of nitrogens with zero attached hydrogens (tertiary/aromatic N) is 1. The molecule has 1 atom stereocenters. The van der Waals surface area contributed by atoms with Gasteiger partial charge in [0.15, 0.2) is 0 Å². The molecule has 120 valence electrons. The molecule has 0 saturated carbocycles. The monoisotopic (exact) mass is 317 g/mol. The lowest BCUT2D eigenvalue weighted by atomic mass is 9.88. The average Bonchev–Trinajstić information content (AvgIpc) is 2.55. The van der Waals surface area contributed by atoms with Gasteiger partial charge in [-0.2, -0.15) is 0 Å². The van der Waals surface area contributed by atoms with Crippen molar-refractivity contribution in [2.24, 2.45) is 0 Å². The molecule has 2 aromatic carbocycles. The highest BCUT2D eigenvalue weighted by Gasteiger charge is 2.31. The summed E-state index contributed by atoms with van der Waals surface area (Å²) in [4.78, 5) is 21.2. The molecule has 0 saturated heterocycles. The lowest BCUT2D eigenvalue weighted by molar-refractivity contribution is -0.122. The van der Waals surface area contributed by atoms with Crippen LogP contribution in [0.2, 0.25) is 0 Å². The zero-order valence-corrected chi connectivity index (χ0v) is 12.2. The van der Waals surface area contributed by atoms with Crippen molar-refractivity contribution in [1.82, 2.24) is 4.90 Å². The fourth-order valence-corrected chi connectivity index (χ4v) is 2.78. The molecule has 2 aromatic rings. The van der Waals surface area contributed by atoms with E-state index in [0.717, 1.165) is 16.7 Å². The van der Waals surface area contributed by atoms with Crippen molar-refractivity contribution in [3.8, 4) is 0 Å². The predicted octanol–water partition coefficient (Wildman–Crippen LogP) is 3.15. The van der Waals surface area contributed by atoms with Gasteiger partial charge in [0.25, 0.3) is 6.47 Å². The Bertz CT molecular complexity index is 687. The topological polar surface area (TPSA) is 77.8 Å². The Labute approximate surface area is 132 Å². The average molecular weight is 317 g/mol. The second kappa shape index (κ2) is 7.40. The molecule has 1 aliphatic rings. The smallest absolute Gasteiger partial charge is 0.408 e. The minimum absolute atomic E-state index is 0.250. The van der Waals surface area contributed by atoms with Crippen LogP contribution in [0.4, 0.5) is 9.18 Å². The summed E-state index contributed by atoms with van der Waals surface area (Å²) < 4.78 is 13.1. The predicted molar refractivity (Wildman–Crippen MR) is 81.8 cm³/mol. The van der Waals surface area contributed by atoms with E-state index in [-0.39, 0.29) is 18.3 Å². The first-order valence-electron chi connectivity index (χ1n) is 6.99. The summed E-state index contributed by atoms with van der Waals surface area (Å²) in [6, 6.07) is 13.5. The number of fused-ring (bicyclic) bond motifs is 1. The molecule has 2 N–H and O–H groups in total. The fourth-order valence-electron chi connectivity index (χ4n) is 2.78. The number of rotatable bonds is 1. The van der Waals surface area contributed by atoms with Crippen LogP contribution >= 0.6 is 0 Å². The maximum Gasteiger partial charge on any atom is 0.408 e. The molecule has 1 heterocycles. The molecule has 0 bridgehead atoms. The van der Waals surface area contributed by atoms with Crippen molar-refractivity contribution in [3.63, 3.8) is 0 Å². The molecular formula is C17H16FNO4. The van der Waals surface area contributed by atoms with Crippen LogP contribution in [-0.2, 0) is 11.2 Å². The summed E-state index contributed by atoms with van der Waals surface area (Å²) in [6.07, 6.45) is -0.242. The summed E-state index contributed by atoms with van der Waals surface area (Å²) in [5, 5.41) is 16.3. The van der Waals surface area contributed by atoms with Crippen molar-refractivity contribution >= 4 is 12.6 Å². The Morgan fingerprint density at radius 3 is 2.39 bits per heavy atom. The molecule has 1 amide bonds. The molecule has 0 spiro atoms. The Morgan fingerprint density at radius 2 is 1.78 bits per heavy atom. The number of hydrogen-bond donors (Lipinski definition) is 2. The molecule has 0 fully saturated rings. The number of hydrogen-bond acceptors (Lipinski definition) is 2. The number of carbonyl (C=O) groups is 2. The molecule has 23 heavy (non-hydrogen) atoms. The highest BCUT2D eigenvalue weighted by Crippen LogP contribution is 2.35. The SMILES string of the molecule is O=C(O)N1CCc2ccccc2[C@@H]1c1ccc(F)cc1.O=CO. The van der Waals surface area contributed by atoms with E-state index in [1.165, 1.54) is 17.0 Å². The minimum Gasteiger partial charge on any atom is -0.483 e. The van der Waals surface area contributed by atoms with E-state index in [2.05, 4.69) is 0 Å². The van der Waals surface area contributed by atoms with Gasteiger partial charge in [-0.1, -0.05) is 36.4 Å². The minimum atomic E-state index is -0.950. The van der Waals surface area contributed by atoms with Gasteiger partial charge in [0.2, 0.25) is 0 Å². The Morgan fingerprint density at radius 1 is 1.17 bits per heavy atom. The van der Waals surface area contributed by atoms with Crippen LogP contribution in [0.3, 0.4) is 0 Å². The number of halogens is 1. The van der Waals surface area contributed by atoms with E-state index in [0.29, 0.717) is 13.0 Å². The molecule has 1 aliphatic heterocycles. The normalized spacial score (nSPS) is 15.9. The first-order valence-corrected chi connectivity index (χ1v) is 6.99. The van der Waals surface area contributed by atoms with Gasteiger partial charge in [-0.15, -0.1) is 0 Å². The summed E-state index contributed by atoms with van der Waals surface area (Å²) in [5.41, 5.74) is 2.92. The maximum atomic E-state index is 13.1. The van der Waals surface area contributed by atoms with E-state index in [4.69, 9.17) is 9.90 Å². The first kappa shape index (κ1) is 16.5. The standard InChI is InChI=1S/C16H14FNO2.CH2O2/c17-13-7-5-12(6-8-13)15-14-4-2-1-3-11(14)9-10-18(15)16(19)20;2-1-3/h1-8,15H,9-10H2,(H,19,20);1H,(H,2,3)/t15-;/m0./s1. The Hall–Kier alpha value is -2.89. The second-order valence-corrected chi connectivity index (χ2v) is 4.98. The van der Waals surface area contributed by atoms with Crippen molar-refractivity contribution in [1.29, 1.82) is 0 Å². The van der Waals surface area contributed by atoms with Crippen LogP contribution < -0.4 is 0 Å². The van der Waals surface area contributed by atoms with Crippen LogP contribution in [0.25, 0.3) is 0 Å². The van der Waals surface area contributed by atoms with Crippen molar-refractivity contribution in [2.75, 3.05) is 6.54 Å². The molecular weight excluding hydrogens is 301 g/mol. The largest absolute Gasteiger partial charge is 0.483 e. The highest BCUT2D eigenvalue weighted by atomic mass is 19.1. The Balaban J connectivity index is 0.000000595. The summed E-state index contributed by atoms with van der Waals surface area (Å²) in [6.45, 7) is 0.203. The van der Waals surface area contributed by atoms with Crippen LogP contribution in [0.15, 0.2) is 48.5 Å². The van der Waals surface area contributed by atoms with Crippen LogP contribution in [0.1, 0.15) is 22.7 Å². The molecule has 0 aromatic heterocycles. The van der Waals surface area contributed by atoms with Crippen LogP contribution in [0.5, 0.6) is 0 Å². The molecule has 0 radical (unpaired) electrons. The van der Waals surface area contributed by atoms with E-state index in [9.17, 15) is 14.3 Å². The summed E-state index contributed by atoms with van der Waals surface area (Å²) in [5.74, 6) is -0.320. The molecule has 6 heteroatoms. The van der Waals surface area contributed by atoms with Gasteiger partial charge in [-0.05, 0) is 35.2 Å². The van der Waals surface area contributed by atoms with Crippen molar-refractivity contribution < 1.29 is 24.2 Å². The van der Waals surface area contributed by atoms with Gasteiger partial charge in [0.05, 0.1) is 6.04 Å². The Kier molecular flexibility index (Phi) is 5.30. The first-order chi connectivity index (χ1) is 11.1. The highest BCUT2D eigenvalue weighted by molar-refractivity contribution is 5.67. The quantitative estimate of drug-likeness (QED) is 0.792. The van der Waals surface area contributed by atoms with Gasteiger partial charge in [-0.25, -0.2) is 9.18 Å². The van der Waals surface area contributed by atoms with Gasteiger partial charge < -0.3 is 10.2 Å². The summed E-state index contributed by atoms with van der Waals surface area (Å²) in [7, 11) is 0. The van der Waals surface area contributed by atoms with Gasteiger partial charge in [0, 0.05) is 6.54 Å². The van der Waals surface area contributed by atoms with Crippen LogP contribution in [0, 0.1) is 5.82 Å². The molecule has 0 aliphatic carbocycles. The van der Waals surface area contributed by atoms with Crippen LogP contribution in [-0.4, -0.2) is 34.2 Å². The summed E-state index contributed by atoms with van der Waals surface area (Å²) >= 11 is 0. The van der Waals surface area contributed by atoms with E-state index >= 15 is 0 Å². The van der Waals surface area contributed by atoms with Gasteiger partial charge in [-0.3, -0.25) is 9.69 Å². The fraction of sp³-hybridized carbons (Fsp3) is 0.176. The van der Waals surface area contributed by atoms with Crippen molar-refractivity contribution in [3.05, 3.63) is 71.0 Å². The molecule has 3 rings (SSSR count). The van der Waals surface area contributed by atoms with E-state index in [1.54, 1.807) is 12.1 Å². The molecule has 0 unspecified atom stereocenters. The van der Waals surface area contributed by atoms with Crippen molar-refractivity contribution in [2.45, 2.75) is 12.5 Å².